The van der Waals surface area contributed by atoms with Crippen LogP contribution in [0.2, 0.25) is 0 Å². The van der Waals surface area contributed by atoms with E-state index in [4.69, 9.17) is 4.74 Å². The molecule has 0 unspecified atom stereocenters. The second-order valence-corrected chi connectivity index (χ2v) is 4.54. The van der Waals surface area contributed by atoms with Gasteiger partial charge in [0.15, 0.2) is 0 Å². The first-order valence-electron chi connectivity index (χ1n) is 5.53. The minimum atomic E-state index is -0.292. The van der Waals surface area contributed by atoms with Crippen molar-refractivity contribution >= 4 is 21.8 Å². The highest BCUT2D eigenvalue weighted by Gasteiger charge is 2.03. The average molecular weight is 319 g/mol. The number of hydrogen-bond donors (Lipinski definition) is 2. The third kappa shape index (κ3) is 5.57. The van der Waals surface area contributed by atoms with E-state index in [9.17, 15) is 9.18 Å². The number of carbonyl (C=O) groups is 1. The second-order valence-electron chi connectivity index (χ2n) is 3.68. The van der Waals surface area contributed by atoms with Crippen LogP contribution in [0.4, 0.5) is 4.39 Å². The van der Waals surface area contributed by atoms with E-state index >= 15 is 0 Å². The van der Waals surface area contributed by atoms with E-state index in [1.165, 1.54) is 12.1 Å². The smallest absolute Gasteiger partial charge is 0.234 e. The summed E-state index contributed by atoms with van der Waals surface area (Å²) >= 11 is 3.33. The maximum Gasteiger partial charge on any atom is 0.234 e. The zero-order valence-electron chi connectivity index (χ0n) is 10.1. The summed E-state index contributed by atoms with van der Waals surface area (Å²) in [5.74, 6) is -0.404. The Morgan fingerprint density at radius 2 is 2.28 bits per heavy atom. The zero-order chi connectivity index (χ0) is 13.4. The Balaban J connectivity index is 2.28. The number of hydrogen-bond acceptors (Lipinski definition) is 3. The summed E-state index contributed by atoms with van der Waals surface area (Å²) in [6, 6.07) is 4.45. The number of amides is 1. The van der Waals surface area contributed by atoms with E-state index in [1.54, 1.807) is 13.2 Å². The van der Waals surface area contributed by atoms with Crippen LogP contribution in [0.3, 0.4) is 0 Å². The molecule has 0 aliphatic carbocycles. The van der Waals surface area contributed by atoms with Crippen molar-refractivity contribution in [3.05, 3.63) is 34.1 Å². The number of benzene rings is 1. The first kappa shape index (κ1) is 15.1. The predicted octanol–water partition coefficient (Wildman–Crippen LogP) is 1.44. The highest BCUT2D eigenvalue weighted by atomic mass is 79.9. The minimum absolute atomic E-state index is 0.112. The Kier molecular flexibility index (Phi) is 6.85. The standard InChI is InChI=1S/C12H16BrFN2O2/c1-18-5-4-16-12(17)8-15-7-9-6-10(14)2-3-11(9)13/h2-3,6,15H,4-5,7-8H2,1H3,(H,16,17). The summed E-state index contributed by atoms with van der Waals surface area (Å²) in [6.45, 7) is 1.59. The Hall–Kier alpha value is -0.980. The van der Waals surface area contributed by atoms with Crippen LogP contribution in [-0.4, -0.2) is 32.7 Å². The van der Waals surface area contributed by atoms with E-state index in [0.717, 1.165) is 10.0 Å². The third-order valence-electron chi connectivity index (χ3n) is 2.24. The lowest BCUT2D eigenvalue weighted by atomic mass is 10.2. The summed E-state index contributed by atoms with van der Waals surface area (Å²) in [4.78, 5) is 11.3. The van der Waals surface area contributed by atoms with Crippen molar-refractivity contribution < 1.29 is 13.9 Å². The van der Waals surface area contributed by atoms with Crippen molar-refractivity contribution in [1.29, 1.82) is 0 Å². The molecule has 1 aromatic carbocycles. The van der Waals surface area contributed by atoms with Crippen molar-refractivity contribution in [2.24, 2.45) is 0 Å². The number of halogens is 2. The van der Waals surface area contributed by atoms with Gasteiger partial charge in [-0.1, -0.05) is 15.9 Å². The van der Waals surface area contributed by atoms with Gasteiger partial charge in [0.2, 0.25) is 5.91 Å². The summed E-state index contributed by atoms with van der Waals surface area (Å²) in [6.07, 6.45) is 0. The van der Waals surface area contributed by atoms with Gasteiger partial charge in [0, 0.05) is 24.7 Å². The SMILES string of the molecule is COCCNC(=O)CNCc1cc(F)ccc1Br. The molecule has 0 radical (unpaired) electrons. The van der Waals surface area contributed by atoms with Crippen molar-refractivity contribution in [3.63, 3.8) is 0 Å². The van der Waals surface area contributed by atoms with Gasteiger partial charge in [-0.05, 0) is 23.8 Å². The van der Waals surface area contributed by atoms with E-state index in [-0.39, 0.29) is 18.3 Å². The van der Waals surface area contributed by atoms with Gasteiger partial charge in [-0.3, -0.25) is 4.79 Å². The van der Waals surface area contributed by atoms with Crippen molar-refractivity contribution in [3.8, 4) is 0 Å². The average Bonchev–Trinajstić information content (AvgIpc) is 2.34. The molecule has 18 heavy (non-hydrogen) atoms. The topological polar surface area (TPSA) is 50.4 Å². The maximum absolute atomic E-state index is 13.0. The Morgan fingerprint density at radius 1 is 1.50 bits per heavy atom. The Morgan fingerprint density at radius 3 is 3.00 bits per heavy atom. The monoisotopic (exact) mass is 318 g/mol. The fraction of sp³-hybridized carbons (Fsp3) is 0.417. The van der Waals surface area contributed by atoms with Crippen LogP contribution in [0.15, 0.2) is 22.7 Å². The quantitative estimate of drug-likeness (QED) is 0.748. The number of carbonyl (C=O) groups excluding carboxylic acids is 1. The van der Waals surface area contributed by atoms with E-state index in [0.29, 0.717) is 19.7 Å². The van der Waals surface area contributed by atoms with Crippen molar-refractivity contribution in [1.82, 2.24) is 10.6 Å². The highest BCUT2D eigenvalue weighted by molar-refractivity contribution is 9.10. The molecule has 100 valence electrons. The van der Waals surface area contributed by atoms with Crippen LogP contribution >= 0.6 is 15.9 Å². The van der Waals surface area contributed by atoms with Gasteiger partial charge in [0.25, 0.3) is 0 Å². The molecule has 0 bridgehead atoms. The van der Waals surface area contributed by atoms with Crippen molar-refractivity contribution in [2.75, 3.05) is 26.8 Å². The fourth-order valence-electron chi connectivity index (χ4n) is 1.34. The molecule has 0 aliphatic heterocycles. The first-order chi connectivity index (χ1) is 8.63. The molecule has 4 nitrogen and oxygen atoms in total. The van der Waals surface area contributed by atoms with Crippen LogP contribution in [-0.2, 0) is 16.1 Å². The molecule has 0 saturated heterocycles. The Bertz CT molecular complexity index is 402. The zero-order valence-corrected chi connectivity index (χ0v) is 11.7. The molecule has 1 amide bonds. The molecule has 1 aromatic rings. The largest absolute Gasteiger partial charge is 0.383 e. The van der Waals surface area contributed by atoms with Gasteiger partial charge in [-0.15, -0.1) is 0 Å². The maximum atomic E-state index is 13.0. The lowest BCUT2D eigenvalue weighted by Crippen LogP contribution is -2.35. The van der Waals surface area contributed by atoms with Gasteiger partial charge >= 0.3 is 0 Å². The second kappa shape index (κ2) is 8.18. The molecule has 6 heteroatoms. The van der Waals surface area contributed by atoms with E-state index in [2.05, 4.69) is 26.6 Å². The third-order valence-corrected chi connectivity index (χ3v) is 3.01. The van der Waals surface area contributed by atoms with Gasteiger partial charge in [-0.25, -0.2) is 4.39 Å². The number of ether oxygens (including phenoxy) is 1. The van der Waals surface area contributed by atoms with Crippen LogP contribution in [0.5, 0.6) is 0 Å². The number of nitrogens with one attached hydrogen (secondary N) is 2. The molecular formula is C12H16BrFN2O2. The summed E-state index contributed by atoms with van der Waals surface area (Å²) in [5.41, 5.74) is 0.777. The summed E-state index contributed by atoms with van der Waals surface area (Å²) < 4.78 is 18.6. The molecule has 2 N–H and O–H groups in total. The van der Waals surface area contributed by atoms with Gasteiger partial charge in [0.1, 0.15) is 5.82 Å². The molecule has 0 aromatic heterocycles. The van der Waals surface area contributed by atoms with Crippen LogP contribution < -0.4 is 10.6 Å². The summed E-state index contributed by atoms with van der Waals surface area (Å²) in [7, 11) is 1.58. The molecule has 1 rings (SSSR count). The molecule has 0 fully saturated rings. The normalized spacial score (nSPS) is 10.4. The van der Waals surface area contributed by atoms with E-state index < -0.39 is 0 Å². The van der Waals surface area contributed by atoms with Gasteiger partial charge in [0.05, 0.1) is 13.2 Å². The van der Waals surface area contributed by atoms with Crippen molar-refractivity contribution in [2.45, 2.75) is 6.54 Å². The van der Waals surface area contributed by atoms with Crippen LogP contribution in [0, 0.1) is 5.82 Å². The lowest BCUT2D eigenvalue weighted by molar-refractivity contribution is -0.120. The molecule has 0 aliphatic rings. The van der Waals surface area contributed by atoms with Crippen LogP contribution in [0.1, 0.15) is 5.56 Å². The van der Waals surface area contributed by atoms with E-state index in [1.807, 2.05) is 0 Å². The number of rotatable bonds is 7. The Labute approximate surface area is 114 Å². The first-order valence-corrected chi connectivity index (χ1v) is 6.33. The number of methoxy groups -OCH3 is 1. The molecule has 0 heterocycles. The molecule has 0 saturated carbocycles. The van der Waals surface area contributed by atoms with Crippen LogP contribution in [0.25, 0.3) is 0 Å². The lowest BCUT2D eigenvalue weighted by Gasteiger charge is -2.08. The van der Waals surface area contributed by atoms with Gasteiger partial charge in [-0.2, -0.15) is 0 Å². The summed E-state index contributed by atoms with van der Waals surface area (Å²) in [5, 5.41) is 5.63. The molecular weight excluding hydrogens is 303 g/mol. The highest BCUT2D eigenvalue weighted by Crippen LogP contribution is 2.17. The predicted molar refractivity (Wildman–Crippen MR) is 70.7 cm³/mol. The molecule has 0 spiro atoms. The van der Waals surface area contributed by atoms with Gasteiger partial charge < -0.3 is 15.4 Å². The minimum Gasteiger partial charge on any atom is -0.383 e. The fourth-order valence-corrected chi connectivity index (χ4v) is 1.73. The molecule has 0 atom stereocenters.